The van der Waals surface area contributed by atoms with Gasteiger partial charge in [0.15, 0.2) is 4.34 Å². The Morgan fingerprint density at radius 1 is 1.24 bits per heavy atom. The van der Waals surface area contributed by atoms with Gasteiger partial charge >= 0.3 is 0 Å². The van der Waals surface area contributed by atoms with Crippen molar-refractivity contribution in [2.75, 3.05) is 5.75 Å². The van der Waals surface area contributed by atoms with E-state index in [0.717, 1.165) is 44.2 Å². The SMILES string of the molecule is O=C(CSc1nc2ccccc2s1)NN=C1CCc2c(O)cccc21. The molecule has 0 saturated heterocycles. The second kappa shape index (κ2) is 6.85. The van der Waals surface area contributed by atoms with E-state index in [-0.39, 0.29) is 11.7 Å². The molecule has 4 rings (SSSR count). The number of hydrogen-bond donors (Lipinski definition) is 2. The summed E-state index contributed by atoms with van der Waals surface area (Å²) in [6.45, 7) is 0. The van der Waals surface area contributed by atoms with Crippen molar-refractivity contribution in [2.45, 2.75) is 17.2 Å². The summed E-state index contributed by atoms with van der Waals surface area (Å²) in [7, 11) is 0. The Morgan fingerprint density at radius 2 is 2.12 bits per heavy atom. The Labute approximate surface area is 152 Å². The van der Waals surface area contributed by atoms with E-state index in [4.69, 9.17) is 0 Å². The highest BCUT2D eigenvalue weighted by molar-refractivity contribution is 8.01. The van der Waals surface area contributed by atoms with Crippen LogP contribution in [0.1, 0.15) is 17.5 Å². The number of aromatic nitrogens is 1. The molecular formula is C18H15N3O2S2. The van der Waals surface area contributed by atoms with Crippen molar-refractivity contribution in [1.29, 1.82) is 0 Å². The number of carbonyl (C=O) groups excluding carboxylic acids is 1. The van der Waals surface area contributed by atoms with Crippen LogP contribution in [0.15, 0.2) is 51.9 Å². The number of nitrogens with one attached hydrogen (secondary N) is 1. The third-order valence-electron chi connectivity index (χ3n) is 3.99. The van der Waals surface area contributed by atoms with Gasteiger partial charge in [-0.05, 0) is 31.0 Å². The summed E-state index contributed by atoms with van der Waals surface area (Å²) in [5, 5.41) is 14.1. The zero-order chi connectivity index (χ0) is 17.2. The largest absolute Gasteiger partial charge is 0.508 e. The highest BCUT2D eigenvalue weighted by Gasteiger charge is 2.20. The number of hydrogen-bond acceptors (Lipinski definition) is 6. The Morgan fingerprint density at radius 3 is 3.00 bits per heavy atom. The topological polar surface area (TPSA) is 74.6 Å². The fraction of sp³-hybridized carbons (Fsp3) is 0.167. The van der Waals surface area contributed by atoms with Gasteiger partial charge in [0.2, 0.25) is 0 Å². The molecule has 1 amide bonds. The second-order valence-corrected chi connectivity index (χ2v) is 7.89. The van der Waals surface area contributed by atoms with Gasteiger partial charge in [-0.25, -0.2) is 10.4 Å². The molecule has 0 unspecified atom stereocenters. The fourth-order valence-corrected chi connectivity index (χ4v) is 4.66. The molecule has 5 nitrogen and oxygen atoms in total. The minimum atomic E-state index is -0.162. The number of carbonyl (C=O) groups is 1. The van der Waals surface area contributed by atoms with Crippen molar-refractivity contribution >= 4 is 44.9 Å². The van der Waals surface area contributed by atoms with Crippen LogP contribution in [0.3, 0.4) is 0 Å². The molecule has 2 aromatic carbocycles. The number of fused-ring (bicyclic) bond motifs is 2. The van der Waals surface area contributed by atoms with Crippen LogP contribution in [0.2, 0.25) is 0 Å². The van der Waals surface area contributed by atoms with E-state index < -0.39 is 0 Å². The summed E-state index contributed by atoms with van der Waals surface area (Å²) in [6, 6.07) is 13.3. The standard InChI is InChI=1S/C18H15N3O2S2/c22-15-6-3-4-11-12(15)8-9-13(11)20-21-17(23)10-24-18-19-14-5-1-2-7-16(14)25-18/h1-7,22H,8-10H2,(H,21,23). The number of aromatic hydroxyl groups is 1. The first kappa shape index (κ1) is 16.1. The Balaban J connectivity index is 1.38. The first-order chi connectivity index (χ1) is 12.2. The number of amides is 1. The molecule has 0 atom stereocenters. The summed E-state index contributed by atoms with van der Waals surface area (Å²) in [5.74, 6) is 0.398. The molecule has 0 bridgehead atoms. The van der Waals surface area contributed by atoms with Crippen molar-refractivity contribution in [3.8, 4) is 5.75 Å². The van der Waals surface area contributed by atoms with Crippen LogP contribution < -0.4 is 5.43 Å². The number of benzene rings is 2. The Hall–Kier alpha value is -2.38. The van der Waals surface area contributed by atoms with Crippen molar-refractivity contribution < 1.29 is 9.90 Å². The van der Waals surface area contributed by atoms with Gasteiger partial charge in [-0.2, -0.15) is 5.10 Å². The van der Waals surface area contributed by atoms with Gasteiger partial charge in [0.1, 0.15) is 5.75 Å². The Kier molecular flexibility index (Phi) is 4.42. The third-order valence-corrected chi connectivity index (χ3v) is 6.17. The van der Waals surface area contributed by atoms with Gasteiger partial charge in [0.25, 0.3) is 5.91 Å². The summed E-state index contributed by atoms with van der Waals surface area (Å²) in [5.41, 5.74) is 6.20. The molecule has 7 heteroatoms. The lowest BCUT2D eigenvalue weighted by Crippen LogP contribution is -2.21. The molecule has 3 aromatic rings. The maximum absolute atomic E-state index is 12.1. The van der Waals surface area contributed by atoms with Gasteiger partial charge < -0.3 is 5.11 Å². The molecule has 0 spiro atoms. The van der Waals surface area contributed by atoms with E-state index in [0.29, 0.717) is 5.75 Å². The molecule has 0 aliphatic heterocycles. The van der Waals surface area contributed by atoms with Crippen LogP contribution in [0.25, 0.3) is 10.2 Å². The average Bonchev–Trinajstić information content (AvgIpc) is 3.22. The second-order valence-electron chi connectivity index (χ2n) is 5.63. The van der Waals surface area contributed by atoms with Crippen LogP contribution in [0.4, 0.5) is 0 Å². The third kappa shape index (κ3) is 3.38. The number of rotatable bonds is 4. The highest BCUT2D eigenvalue weighted by atomic mass is 32.2. The van der Waals surface area contributed by atoms with E-state index in [1.54, 1.807) is 23.5 Å². The number of thiazole rings is 1. The van der Waals surface area contributed by atoms with Crippen molar-refractivity contribution in [2.24, 2.45) is 5.10 Å². The van der Waals surface area contributed by atoms with Gasteiger partial charge in [0, 0.05) is 11.1 Å². The molecule has 25 heavy (non-hydrogen) atoms. The van der Waals surface area contributed by atoms with Crippen LogP contribution in [-0.2, 0) is 11.2 Å². The summed E-state index contributed by atoms with van der Waals surface area (Å²) in [6.07, 6.45) is 1.47. The lowest BCUT2D eigenvalue weighted by molar-refractivity contribution is -0.118. The maximum Gasteiger partial charge on any atom is 0.250 e. The molecule has 1 heterocycles. The lowest BCUT2D eigenvalue weighted by Gasteiger charge is -2.03. The van der Waals surface area contributed by atoms with Gasteiger partial charge in [0.05, 0.1) is 21.7 Å². The predicted molar refractivity (Wildman–Crippen MR) is 101 cm³/mol. The van der Waals surface area contributed by atoms with Crippen molar-refractivity contribution in [3.63, 3.8) is 0 Å². The summed E-state index contributed by atoms with van der Waals surface area (Å²) >= 11 is 2.99. The minimum absolute atomic E-state index is 0.162. The quantitative estimate of drug-likeness (QED) is 0.545. The van der Waals surface area contributed by atoms with Gasteiger partial charge in [-0.1, -0.05) is 36.0 Å². The van der Waals surface area contributed by atoms with E-state index in [1.165, 1.54) is 11.8 Å². The first-order valence-electron chi connectivity index (χ1n) is 7.86. The summed E-state index contributed by atoms with van der Waals surface area (Å²) in [4.78, 5) is 16.6. The van der Waals surface area contributed by atoms with E-state index in [9.17, 15) is 9.90 Å². The molecule has 0 radical (unpaired) electrons. The maximum atomic E-state index is 12.1. The normalized spacial score (nSPS) is 14.8. The van der Waals surface area contributed by atoms with Crippen LogP contribution in [0.5, 0.6) is 5.75 Å². The van der Waals surface area contributed by atoms with E-state index >= 15 is 0 Å². The van der Waals surface area contributed by atoms with Gasteiger partial charge in [-0.3, -0.25) is 4.79 Å². The zero-order valence-corrected chi connectivity index (χ0v) is 14.9. The molecule has 0 fully saturated rings. The number of hydrazone groups is 1. The molecule has 2 N–H and O–H groups in total. The molecule has 126 valence electrons. The minimum Gasteiger partial charge on any atom is -0.508 e. The smallest absolute Gasteiger partial charge is 0.250 e. The number of nitrogens with zero attached hydrogens (tertiary/aromatic N) is 2. The van der Waals surface area contributed by atoms with E-state index in [2.05, 4.69) is 15.5 Å². The average molecular weight is 369 g/mol. The van der Waals surface area contributed by atoms with Crippen molar-refractivity contribution in [3.05, 3.63) is 53.6 Å². The number of phenols is 1. The van der Waals surface area contributed by atoms with Crippen molar-refractivity contribution in [1.82, 2.24) is 10.4 Å². The number of thioether (sulfide) groups is 1. The molecule has 1 aromatic heterocycles. The molecule has 1 aliphatic carbocycles. The first-order valence-corrected chi connectivity index (χ1v) is 9.66. The Bertz CT molecular complexity index is 948. The lowest BCUT2D eigenvalue weighted by atomic mass is 10.1. The molecule has 0 saturated carbocycles. The zero-order valence-electron chi connectivity index (χ0n) is 13.2. The van der Waals surface area contributed by atoms with Crippen LogP contribution in [0, 0.1) is 0 Å². The van der Waals surface area contributed by atoms with Gasteiger partial charge in [-0.15, -0.1) is 11.3 Å². The van der Waals surface area contributed by atoms with Crippen LogP contribution >= 0.6 is 23.1 Å². The fourth-order valence-electron chi connectivity index (χ4n) is 2.80. The number of phenolic OH excluding ortho intramolecular Hbond substituents is 1. The predicted octanol–water partition coefficient (Wildman–Crippen LogP) is 3.56. The molecule has 1 aliphatic rings. The summed E-state index contributed by atoms with van der Waals surface area (Å²) < 4.78 is 1.99. The molecular weight excluding hydrogens is 354 g/mol. The monoisotopic (exact) mass is 369 g/mol. The van der Waals surface area contributed by atoms with E-state index in [1.807, 2.05) is 30.3 Å². The highest BCUT2D eigenvalue weighted by Crippen LogP contribution is 2.30. The number of para-hydroxylation sites is 1. The van der Waals surface area contributed by atoms with Crippen LogP contribution in [-0.4, -0.2) is 27.5 Å².